The molecule has 19 heavy (non-hydrogen) atoms. The number of rotatable bonds is 8. The topological polar surface area (TPSA) is 61.7 Å². The zero-order valence-electron chi connectivity index (χ0n) is 12.7. The first-order valence-corrected chi connectivity index (χ1v) is 6.65. The van der Waals surface area contributed by atoms with Gasteiger partial charge in [0.15, 0.2) is 0 Å². The lowest BCUT2D eigenvalue weighted by Crippen LogP contribution is -2.45. The van der Waals surface area contributed by atoms with Crippen molar-refractivity contribution in [2.24, 2.45) is 4.99 Å². The maximum Gasteiger partial charge on any atom is 0.305 e. The third-order valence-corrected chi connectivity index (χ3v) is 2.51. The number of nitrogens with zero attached hydrogens (tertiary/aromatic N) is 1. The molecule has 0 spiro atoms. The zero-order valence-corrected chi connectivity index (χ0v) is 12.7. The van der Waals surface area contributed by atoms with Gasteiger partial charge in [-0.15, -0.1) is 0 Å². The van der Waals surface area contributed by atoms with E-state index in [0.29, 0.717) is 6.54 Å². The normalized spacial score (nSPS) is 13.8. The van der Waals surface area contributed by atoms with Crippen LogP contribution in [0.1, 0.15) is 47.0 Å². The van der Waals surface area contributed by atoms with Crippen LogP contribution in [0.4, 0.5) is 0 Å². The molecule has 0 saturated heterocycles. The Morgan fingerprint density at radius 2 is 1.89 bits per heavy atom. The van der Waals surface area contributed by atoms with Crippen molar-refractivity contribution in [3.8, 4) is 0 Å². The second-order valence-corrected chi connectivity index (χ2v) is 4.55. The van der Waals surface area contributed by atoms with Crippen molar-refractivity contribution in [3.05, 3.63) is 25.4 Å². The number of aliphatic carboxylic acids is 1. The van der Waals surface area contributed by atoms with Crippen molar-refractivity contribution in [2.75, 3.05) is 6.54 Å². The van der Waals surface area contributed by atoms with Gasteiger partial charge in [0.1, 0.15) is 0 Å². The fraction of sp³-hybridized carbons (Fsp3) is 0.600. The Morgan fingerprint density at radius 1 is 1.37 bits per heavy atom. The maximum atomic E-state index is 10.7. The largest absolute Gasteiger partial charge is 0.481 e. The highest BCUT2D eigenvalue weighted by Crippen LogP contribution is 2.13. The summed E-state index contributed by atoms with van der Waals surface area (Å²) >= 11 is 0. The summed E-state index contributed by atoms with van der Waals surface area (Å²) in [5.41, 5.74) is 0.330. The highest BCUT2D eigenvalue weighted by Gasteiger charge is 2.24. The van der Waals surface area contributed by atoms with E-state index in [4.69, 9.17) is 5.11 Å². The van der Waals surface area contributed by atoms with E-state index in [1.54, 1.807) is 6.08 Å². The van der Waals surface area contributed by atoms with Crippen molar-refractivity contribution >= 4 is 11.7 Å². The molecule has 1 unspecified atom stereocenters. The molecule has 0 aliphatic carbocycles. The van der Waals surface area contributed by atoms with Crippen LogP contribution in [0.25, 0.3) is 0 Å². The van der Waals surface area contributed by atoms with Gasteiger partial charge in [0.2, 0.25) is 0 Å². The summed E-state index contributed by atoms with van der Waals surface area (Å²) in [5.74, 6) is -0.808. The highest BCUT2D eigenvalue weighted by molar-refractivity contribution is 5.96. The SMILES string of the molecule is C=CN=C(C=C)CNC(C)(CC)CC(=O)O.CCC. The molecule has 0 aliphatic heterocycles. The van der Waals surface area contributed by atoms with Gasteiger partial charge in [-0.1, -0.05) is 40.3 Å². The van der Waals surface area contributed by atoms with E-state index in [0.717, 1.165) is 12.1 Å². The standard InChI is InChI=1S/C12H20N2O2.C3H8/c1-5-10(13-7-3)9-14-12(4,6-2)8-11(15)16;1-3-2/h5,7,14H,1,3,6,8-9H2,2,4H3,(H,15,16);3H2,1-2H3. The molecule has 0 fully saturated rings. The number of hydrogen-bond donors (Lipinski definition) is 2. The van der Waals surface area contributed by atoms with Crippen LogP contribution in [0, 0.1) is 0 Å². The van der Waals surface area contributed by atoms with Gasteiger partial charge in [0, 0.05) is 18.3 Å². The summed E-state index contributed by atoms with van der Waals surface area (Å²) < 4.78 is 0. The summed E-state index contributed by atoms with van der Waals surface area (Å²) in [5, 5.41) is 12.0. The van der Waals surface area contributed by atoms with Crippen LogP contribution in [-0.4, -0.2) is 28.9 Å². The monoisotopic (exact) mass is 268 g/mol. The Balaban J connectivity index is 0. The Morgan fingerprint density at radius 3 is 2.21 bits per heavy atom. The van der Waals surface area contributed by atoms with E-state index in [1.165, 1.54) is 12.6 Å². The molecule has 0 saturated carbocycles. The van der Waals surface area contributed by atoms with Crippen molar-refractivity contribution < 1.29 is 9.90 Å². The number of carboxylic acids is 1. The molecule has 0 aromatic heterocycles. The van der Waals surface area contributed by atoms with E-state index in [-0.39, 0.29) is 6.42 Å². The average Bonchev–Trinajstić information content (AvgIpc) is 2.34. The van der Waals surface area contributed by atoms with Gasteiger partial charge in [-0.3, -0.25) is 9.79 Å². The molecule has 4 nitrogen and oxygen atoms in total. The molecule has 0 amide bonds. The summed E-state index contributed by atoms with van der Waals surface area (Å²) in [4.78, 5) is 14.7. The summed E-state index contributed by atoms with van der Waals surface area (Å²) in [6, 6.07) is 0. The second-order valence-electron chi connectivity index (χ2n) is 4.55. The van der Waals surface area contributed by atoms with Crippen LogP contribution >= 0.6 is 0 Å². The van der Waals surface area contributed by atoms with Gasteiger partial charge >= 0.3 is 5.97 Å². The molecule has 0 bridgehead atoms. The average molecular weight is 268 g/mol. The van der Waals surface area contributed by atoms with Gasteiger partial charge < -0.3 is 10.4 Å². The zero-order chi connectivity index (χ0) is 15.3. The van der Waals surface area contributed by atoms with Crippen LogP contribution in [0.5, 0.6) is 0 Å². The molecule has 1 atom stereocenters. The molecule has 0 aliphatic rings. The maximum absolute atomic E-state index is 10.7. The third-order valence-electron chi connectivity index (χ3n) is 2.51. The number of hydrogen-bond acceptors (Lipinski definition) is 3. The van der Waals surface area contributed by atoms with Crippen molar-refractivity contribution in [3.63, 3.8) is 0 Å². The first kappa shape index (κ1) is 19.9. The van der Waals surface area contributed by atoms with Crippen LogP contribution in [0.3, 0.4) is 0 Å². The lowest BCUT2D eigenvalue weighted by molar-refractivity contribution is -0.138. The predicted molar refractivity (Wildman–Crippen MR) is 82.7 cm³/mol. The molecule has 2 N–H and O–H groups in total. The summed E-state index contributed by atoms with van der Waals surface area (Å²) in [6.07, 6.45) is 5.14. The minimum atomic E-state index is -0.808. The molecular formula is C15H28N2O2. The van der Waals surface area contributed by atoms with E-state index < -0.39 is 11.5 Å². The molecular weight excluding hydrogens is 240 g/mol. The van der Waals surface area contributed by atoms with Crippen LogP contribution < -0.4 is 5.32 Å². The van der Waals surface area contributed by atoms with Gasteiger partial charge in [0.05, 0.1) is 12.1 Å². The highest BCUT2D eigenvalue weighted by atomic mass is 16.4. The number of aliphatic imine (C=N–C) groups is 1. The number of carboxylic acid groups (broad SMARTS) is 1. The quantitative estimate of drug-likeness (QED) is 0.663. The van der Waals surface area contributed by atoms with Gasteiger partial charge in [-0.2, -0.15) is 0 Å². The third kappa shape index (κ3) is 11.4. The Kier molecular flexibility index (Phi) is 12.2. The molecule has 0 aromatic carbocycles. The smallest absolute Gasteiger partial charge is 0.305 e. The summed E-state index contributed by atoms with van der Waals surface area (Å²) in [7, 11) is 0. The van der Waals surface area contributed by atoms with E-state index >= 15 is 0 Å². The Bertz CT molecular complexity index is 311. The van der Waals surface area contributed by atoms with Gasteiger partial charge in [-0.05, 0) is 19.4 Å². The molecule has 0 heterocycles. The van der Waals surface area contributed by atoms with E-state index in [2.05, 4.69) is 37.3 Å². The fourth-order valence-corrected chi connectivity index (χ4v) is 1.24. The lowest BCUT2D eigenvalue weighted by atomic mass is 9.94. The van der Waals surface area contributed by atoms with Crippen LogP contribution in [-0.2, 0) is 4.79 Å². The van der Waals surface area contributed by atoms with E-state index in [9.17, 15) is 4.79 Å². The minimum Gasteiger partial charge on any atom is -0.481 e. The minimum absolute atomic E-state index is 0.0853. The predicted octanol–water partition coefficient (Wildman–Crippen LogP) is 3.41. The van der Waals surface area contributed by atoms with Gasteiger partial charge in [-0.25, -0.2) is 0 Å². The van der Waals surface area contributed by atoms with Crippen LogP contribution in [0.15, 0.2) is 30.4 Å². The molecule has 0 radical (unpaired) electrons. The van der Waals surface area contributed by atoms with Crippen molar-refractivity contribution in [1.82, 2.24) is 5.32 Å². The summed E-state index contributed by atoms with van der Waals surface area (Å²) in [6.45, 7) is 15.7. The molecule has 0 rings (SSSR count). The first-order chi connectivity index (χ1) is 8.88. The Hall–Kier alpha value is -1.42. The first-order valence-electron chi connectivity index (χ1n) is 6.65. The lowest BCUT2D eigenvalue weighted by Gasteiger charge is -2.28. The van der Waals surface area contributed by atoms with Crippen LogP contribution in [0.2, 0.25) is 0 Å². The number of nitrogens with one attached hydrogen (secondary N) is 1. The van der Waals surface area contributed by atoms with Gasteiger partial charge in [0.25, 0.3) is 0 Å². The van der Waals surface area contributed by atoms with Crippen molar-refractivity contribution in [2.45, 2.75) is 52.5 Å². The van der Waals surface area contributed by atoms with E-state index in [1.807, 2.05) is 13.8 Å². The number of carbonyl (C=O) groups is 1. The molecule has 4 heteroatoms. The van der Waals surface area contributed by atoms with Crippen molar-refractivity contribution in [1.29, 1.82) is 0 Å². The fourth-order valence-electron chi connectivity index (χ4n) is 1.24. The Labute approximate surface area is 117 Å². The molecule has 110 valence electrons. The molecule has 0 aromatic rings. The second kappa shape index (κ2) is 11.7.